The number of benzene rings is 3. The van der Waals surface area contributed by atoms with Crippen LogP contribution >= 0.6 is 21.0 Å². The summed E-state index contributed by atoms with van der Waals surface area (Å²) in [5.41, 5.74) is 6.22. The first-order valence-electron chi connectivity index (χ1n) is 12.4. The molecule has 0 amide bonds. The van der Waals surface area contributed by atoms with Crippen LogP contribution in [0.15, 0.2) is 60.7 Å². The third-order valence-corrected chi connectivity index (χ3v) is 6.86. The Bertz CT molecular complexity index is 1070. The lowest BCUT2D eigenvalue weighted by molar-refractivity contribution is 0.112. The van der Waals surface area contributed by atoms with Crippen LogP contribution in [0.4, 0.5) is 4.39 Å². The smallest absolute Gasteiger partial charge is 0.173 e. The molecule has 0 bridgehead atoms. The Morgan fingerprint density at radius 3 is 2.16 bits per heavy atom. The highest BCUT2D eigenvalue weighted by Crippen LogP contribution is 2.43. The lowest BCUT2D eigenvalue weighted by Gasteiger charge is -2.19. The number of fused-ring (bicyclic) bond motifs is 1. The van der Waals surface area contributed by atoms with Gasteiger partial charge in [0, 0.05) is 39.7 Å². The van der Waals surface area contributed by atoms with Gasteiger partial charge >= 0.3 is 0 Å². The quantitative estimate of drug-likeness (QED) is 0.276. The number of hydrogen-bond acceptors (Lipinski definition) is 5. The maximum absolute atomic E-state index is 14.7. The van der Waals surface area contributed by atoms with Gasteiger partial charge in [0.25, 0.3) is 0 Å². The van der Waals surface area contributed by atoms with Crippen LogP contribution in [0.25, 0.3) is 11.1 Å². The molecule has 1 atom stereocenters. The summed E-state index contributed by atoms with van der Waals surface area (Å²) < 4.78 is 25.2. The Morgan fingerprint density at radius 1 is 1.03 bits per heavy atom. The molecule has 1 unspecified atom stereocenters. The van der Waals surface area contributed by atoms with Gasteiger partial charge in [-0.2, -0.15) is 0 Å². The number of rotatable bonds is 4. The first-order valence-corrected chi connectivity index (χ1v) is 13.4. The molecule has 1 saturated carbocycles. The molecule has 37 heavy (non-hydrogen) atoms. The van der Waals surface area contributed by atoms with E-state index in [9.17, 15) is 9.18 Å². The Balaban J connectivity index is 0.000000245. The third kappa shape index (κ3) is 8.79. The Morgan fingerprint density at radius 2 is 1.65 bits per heavy atom. The molecule has 5 rings (SSSR count). The second-order valence-corrected chi connectivity index (χ2v) is 9.06. The van der Waals surface area contributed by atoms with Gasteiger partial charge < -0.3 is 15.2 Å². The van der Waals surface area contributed by atoms with Gasteiger partial charge in [-0.05, 0) is 44.2 Å². The highest BCUT2D eigenvalue weighted by Gasteiger charge is 2.25. The summed E-state index contributed by atoms with van der Waals surface area (Å²) in [6, 6.07) is 19.2. The maximum atomic E-state index is 14.7. The minimum atomic E-state index is -0.593. The normalized spacial score (nSPS) is 13.8. The van der Waals surface area contributed by atoms with Crippen molar-refractivity contribution in [2.75, 3.05) is 20.8 Å². The minimum Gasteiger partial charge on any atom is -0.494 e. The molecule has 3 N–H and O–H groups in total. The van der Waals surface area contributed by atoms with E-state index >= 15 is 0 Å². The standard InChI is InChI=1S/C16H12ClFO3.C6H14NP.C6H6.CH5N/c1-20-13-4-2-9(8-19)14(16(13)18)15-10-6-7-21-12(10)5-3-11(15)17;8-7-6-4-2-1-3-5-6;1-2-4-6-5-3-1;1-2/h2-5,8H,6-7H2,1H3;6-7H,1-5,8H2;1-6H;2H2,1H3. The van der Waals surface area contributed by atoms with Crippen molar-refractivity contribution in [1.29, 1.82) is 0 Å². The van der Waals surface area contributed by atoms with Crippen molar-refractivity contribution in [2.45, 2.75) is 44.6 Å². The van der Waals surface area contributed by atoms with E-state index in [1.807, 2.05) is 36.4 Å². The van der Waals surface area contributed by atoms with Crippen molar-refractivity contribution in [2.24, 2.45) is 5.73 Å². The van der Waals surface area contributed by atoms with Crippen molar-refractivity contribution >= 4 is 27.3 Å². The molecule has 0 radical (unpaired) electrons. The van der Waals surface area contributed by atoms with Crippen LogP contribution in [0.3, 0.4) is 0 Å². The topological polar surface area (TPSA) is 73.6 Å². The molecular weight excluding hydrogens is 510 g/mol. The average Bonchev–Trinajstić information content (AvgIpc) is 3.45. The van der Waals surface area contributed by atoms with Crippen molar-refractivity contribution in [3.63, 3.8) is 0 Å². The zero-order chi connectivity index (χ0) is 27.0. The number of methoxy groups -OCH3 is 1. The molecule has 1 aliphatic heterocycles. The van der Waals surface area contributed by atoms with E-state index in [-0.39, 0.29) is 16.9 Å². The molecule has 1 aliphatic carbocycles. The summed E-state index contributed by atoms with van der Waals surface area (Å²) in [6.07, 6.45) is 8.29. The molecule has 2 aliphatic rings. The number of nitrogens with one attached hydrogen (secondary N) is 1. The van der Waals surface area contributed by atoms with Crippen LogP contribution in [0.5, 0.6) is 11.5 Å². The summed E-state index contributed by atoms with van der Waals surface area (Å²) in [7, 11) is 5.47. The fraction of sp³-hybridized carbons (Fsp3) is 0.345. The molecular formula is C29H37ClFN2O3P. The SMILES string of the molecule is CN.COc1ccc(C=O)c(-c2c(Cl)ccc3c2CCO3)c1F.PNC1CCCCC1.c1ccccc1. The molecule has 0 saturated heterocycles. The second kappa shape index (κ2) is 17.1. The molecule has 1 heterocycles. The van der Waals surface area contributed by atoms with Gasteiger partial charge in [0.15, 0.2) is 17.9 Å². The fourth-order valence-electron chi connectivity index (χ4n) is 4.25. The van der Waals surface area contributed by atoms with Crippen LogP contribution in [0, 0.1) is 5.82 Å². The summed E-state index contributed by atoms with van der Waals surface area (Å²) in [5, 5.41) is 3.60. The van der Waals surface area contributed by atoms with E-state index in [0.717, 1.165) is 11.6 Å². The summed E-state index contributed by atoms with van der Waals surface area (Å²) in [5.74, 6) is 0.154. The first kappa shape index (κ1) is 30.7. The maximum Gasteiger partial charge on any atom is 0.173 e. The molecule has 8 heteroatoms. The van der Waals surface area contributed by atoms with Gasteiger partial charge in [-0.15, -0.1) is 0 Å². The number of carbonyl (C=O) groups is 1. The Hall–Kier alpha value is -2.50. The van der Waals surface area contributed by atoms with Gasteiger partial charge in [-0.1, -0.05) is 76.7 Å². The van der Waals surface area contributed by atoms with E-state index in [4.69, 9.17) is 21.1 Å². The molecule has 1 fully saturated rings. The van der Waals surface area contributed by atoms with Gasteiger partial charge in [0.1, 0.15) is 5.75 Å². The zero-order valence-electron chi connectivity index (χ0n) is 21.5. The molecule has 3 aromatic rings. The van der Waals surface area contributed by atoms with E-state index in [0.29, 0.717) is 35.6 Å². The number of nitrogens with two attached hydrogens (primary N) is 1. The van der Waals surface area contributed by atoms with Crippen molar-refractivity contribution in [3.8, 4) is 22.6 Å². The van der Waals surface area contributed by atoms with Gasteiger partial charge in [-0.3, -0.25) is 9.88 Å². The molecule has 5 nitrogen and oxygen atoms in total. The predicted octanol–water partition coefficient (Wildman–Crippen LogP) is 6.86. The molecule has 0 aromatic heterocycles. The fourth-order valence-corrected chi connectivity index (χ4v) is 4.86. The van der Waals surface area contributed by atoms with Crippen LogP contribution < -0.4 is 20.3 Å². The first-order chi connectivity index (χ1) is 18.1. The zero-order valence-corrected chi connectivity index (χ0v) is 23.4. The highest BCUT2D eigenvalue weighted by atomic mass is 35.5. The van der Waals surface area contributed by atoms with Crippen molar-refractivity contribution in [3.05, 3.63) is 82.6 Å². The number of hydrogen-bond donors (Lipinski definition) is 2. The van der Waals surface area contributed by atoms with E-state index in [1.54, 1.807) is 12.1 Å². The summed E-state index contributed by atoms with van der Waals surface area (Å²) in [4.78, 5) is 11.3. The van der Waals surface area contributed by atoms with E-state index in [2.05, 4.69) is 20.2 Å². The number of carbonyl (C=O) groups excluding carboxylic acids is 1. The number of ether oxygens (including phenoxy) is 2. The largest absolute Gasteiger partial charge is 0.494 e. The van der Waals surface area contributed by atoms with Gasteiger partial charge in [0.05, 0.1) is 13.7 Å². The summed E-state index contributed by atoms with van der Waals surface area (Å²) in [6.45, 7) is 0.519. The lowest BCUT2D eigenvalue weighted by Crippen LogP contribution is -2.22. The Labute approximate surface area is 227 Å². The van der Waals surface area contributed by atoms with Gasteiger partial charge in [0.2, 0.25) is 0 Å². The number of halogens is 2. The van der Waals surface area contributed by atoms with Crippen LogP contribution in [0.1, 0.15) is 48.0 Å². The Kier molecular flexibility index (Phi) is 14.2. The van der Waals surface area contributed by atoms with Gasteiger partial charge in [-0.25, -0.2) is 4.39 Å². The average molecular weight is 547 g/mol. The molecule has 3 aromatic carbocycles. The third-order valence-electron chi connectivity index (χ3n) is 6.07. The number of aldehydes is 1. The van der Waals surface area contributed by atoms with Crippen molar-refractivity contribution < 1.29 is 18.7 Å². The lowest BCUT2D eigenvalue weighted by atomic mass is 9.93. The second-order valence-electron chi connectivity index (χ2n) is 8.32. The molecule has 200 valence electrons. The monoisotopic (exact) mass is 546 g/mol. The van der Waals surface area contributed by atoms with Crippen LogP contribution in [0.2, 0.25) is 5.02 Å². The van der Waals surface area contributed by atoms with Crippen LogP contribution in [-0.2, 0) is 6.42 Å². The minimum absolute atomic E-state index is 0.0724. The van der Waals surface area contributed by atoms with E-state index < -0.39 is 5.82 Å². The van der Waals surface area contributed by atoms with Crippen molar-refractivity contribution in [1.82, 2.24) is 5.09 Å². The molecule has 0 spiro atoms. The van der Waals surface area contributed by atoms with Crippen LogP contribution in [-0.4, -0.2) is 33.1 Å². The van der Waals surface area contributed by atoms with E-state index in [1.165, 1.54) is 58.4 Å². The predicted molar refractivity (Wildman–Crippen MR) is 154 cm³/mol. The summed E-state index contributed by atoms with van der Waals surface area (Å²) >= 11 is 6.26. The highest BCUT2D eigenvalue weighted by molar-refractivity contribution is 7.13.